The summed E-state index contributed by atoms with van der Waals surface area (Å²) in [5.74, 6) is -1.49. The Morgan fingerprint density at radius 1 is 1.21 bits per heavy atom. The highest BCUT2D eigenvalue weighted by molar-refractivity contribution is 9.11. The van der Waals surface area contributed by atoms with Crippen molar-refractivity contribution in [3.8, 4) is 0 Å². The maximum Gasteiger partial charge on any atom is 0.245 e. The van der Waals surface area contributed by atoms with Crippen LogP contribution in [0.4, 0.5) is 4.39 Å². The number of sulfonamides is 1. The lowest BCUT2D eigenvalue weighted by Gasteiger charge is -2.26. The molecule has 0 radical (unpaired) electrons. The van der Waals surface area contributed by atoms with Crippen LogP contribution in [-0.2, 0) is 14.8 Å². The molecule has 0 saturated heterocycles. The van der Waals surface area contributed by atoms with Crippen LogP contribution in [0, 0.1) is 5.82 Å². The Hall–Kier alpha value is -1.29. The number of hydrogen-bond donors (Lipinski definition) is 1. The van der Waals surface area contributed by atoms with Gasteiger partial charge in [0.05, 0.1) is 4.90 Å². The Bertz CT molecular complexity index is 890. The van der Waals surface area contributed by atoms with Crippen LogP contribution in [0.5, 0.6) is 0 Å². The molecular weight excluding hydrogens is 467 g/mol. The van der Waals surface area contributed by atoms with Gasteiger partial charge in [0.2, 0.25) is 15.9 Å². The quantitative estimate of drug-likeness (QED) is 0.714. The Labute approximate surface area is 156 Å². The van der Waals surface area contributed by atoms with E-state index in [1.807, 2.05) is 0 Å². The summed E-state index contributed by atoms with van der Waals surface area (Å²) in [4.78, 5) is 11.8. The van der Waals surface area contributed by atoms with Gasteiger partial charge in [-0.2, -0.15) is 4.31 Å². The minimum atomic E-state index is -4.06. The summed E-state index contributed by atoms with van der Waals surface area (Å²) in [6.07, 6.45) is 0. The zero-order valence-electron chi connectivity index (χ0n) is 12.4. The van der Waals surface area contributed by atoms with E-state index < -0.39 is 27.8 Å². The van der Waals surface area contributed by atoms with Gasteiger partial charge < -0.3 is 5.73 Å². The Morgan fingerprint density at radius 2 is 1.88 bits per heavy atom. The van der Waals surface area contributed by atoms with Crippen LogP contribution < -0.4 is 5.73 Å². The van der Waals surface area contributed by atoms with Gasteiger partial charge in [0.1, 0.15) is 11.9 Å². The molecule has 0 fully saturated rings. The average molecular weight is 480 g/mol. The lowest BCUT2D eigenvalue weighted by Crippen LogP contribution is -2.39. The number of halogens is 3. The summed E-state index contributed by atoms with van der Waals surface area (Å²) >= 11 is 6.40. The molecule has 0 aliphatic rings. The van der Waals surface area contributed by atoms with Gasteiger partial charge in [-0.1, -0.05) is 28.1 Å². The third kappa shape index (κ3) is 3.85. The summed E-state index contributed by atoms with van der Waals surface area (Å²) < 4.78 is 40.9. The number of rotatable bonds is 5. The predicted octanol–water partition coefficient (Wildman–Crippen LogP) is 3.20. The van der Waals surface area contributed by atoms with E-state index >= 15 is 0 Å². The second-order valence-electron chi connectivity index (χ2n) is 4.96. The molecule has 0 aromatic heterocycles. The topological polar surface area (TPSA) is 80.5 Å². The summed E-state index contributed by atoms with van der Waals surface area (Å²) in [5.41, 5.74) is 5.53. The van der Waals surface area contributed by atoms with E-state index in [1.54, 1.807) is 12.1 Å². The molecule has 24 heavy (non-hydrogen) atoms. The molecule has 0 heterocycles. The van der Waals surface area contributed by atoms with Gasteiger partial charge in [-0.15, -0.1) is 0 Å². The first-order valence-electron chi connectivity index (χ1n) is 6.62. The van der Waals surface area contributed by atoms with Gasteiger partial charge in [0, 0.05) is 16.0 Å². The molecule has 5 nitrogen and oxygen atoms in total. The van der Waals surface area contributed by atoms with Gasteiger partial charge in [0.25, 0.3) is 0 Å². The molecule has 2 aromatic carbocycles. The first kappa shape index (κ1) is 19.0. The monoisotopic (exact) mass is 478 g/mol. The number of carbonyl (C=O) groups is 1. The van der Waals surface area contributed by atoms with Crippen LogP contribution in [0.15, 0.2) is 56.3 Å². The van der Waals surface area contributed by atoms with Crippen molar-refractivity contribution in [2.24, 2.45) is 5.73 Å². The molecule has 2 aromatic rings. The fourth-order valence-corrected chi connectivity index (χ4v) is 4.98. The van der Waals surface area contributed by atoms with Crippen molar-refractivity contribution in [2.75, 3.05) is 7.05 Å². The van der Waals surface area contributed by atoms with Crippen molar-refractivity contribution < 1.29 is 17.6 Å². The molecule has 0 aliphatic carbocycles. The Kier molecular flexibility index (Phi) is 5.79. The van der Waals surface area contributed by atoms with Crippen LogP contribution in [0.3, 0.4) is 0 Å². The third-order valence-electron chi connectivity index (χ3n) is 3.35. The first-order chi connectivity index (χ1) is 11.1. The van der Waals surface area contributed by atoms with Crippen molar-refractivity contribution in [1.82, 2.24) is 4.31 Å². The van der Waals surface area contributed by atoms with Crippen LogP contribution >= 0.6 is 31.9 Å². The molecule has 1 unspecified atom stereocenters. The van der Waals surface area contributed by atoms with Gasteiger partial charge in [-0.25, -0.2) is 12.8 Å². The zero-order valence-corrected chi connectivity index (χ0v) is 16.4. The van der Waals surface area contributed by atoms with E-state index in [0.717, 1.165) is 10.4 Å². The SMILES string of the molecule is CN(C(C(N)=O)c1cccc(F)c1)S(=O)(=O)c1cc(Br)ccc1Br. The molecule has 128 valence electrons. The maximum absolute atomic E-state index is 13.5. The highest BCUT2D eigenvalue weighted by atomic mass is 79.9. The fourth-order valence-electron chi connectivity index (χ4n) is 2.20. The van der Waals surface area contributed by atoms with Crippen LogP contribution in [0.1, 0.15) is 11.6 Å². The van der Waals surface area contributed by atoms with Crippen LogP contribution in [0.2, 0.25) is 0 Å². The summed E-state index contributed by atoms with van der Waals surface area (Å²) in [6.45, 7) is 0. The van der Waals surface area contributed by atoms with Gasteiger partial charge in [-0.05, 0) is 51.8 Å². The molecule has 2 rings (SSSR count). The molecule has 0 spiro atoms. The second-order valence-corrected chi connectivity index (χ2v) is 8.69. The lowest BCUT2D eigenvalue weighted by molar-refractivity contribution is -0.121. The van der Waals surface area contributed by atoms with E-state index in [4.69, 9.17) is 5.73 Å². The Morgan fingerprint density at radius 3 is 2.46 bits per heavy atom. The summed E-state index contributed by atoms with van der Waals surface area (Å²) in [7, 11) is -2.84. The number of hydrogen-bond acceptors (Lipinski definition) is 3. The Balaban J connectivity index is 2.55. The van der Waals surface area contributed by atoms with E-state index in [1.165, 1.54) is 31.3 Å². The van der Waals surface area contributed by atoms with E-state index in [-0.39, 0.29) is 10.5 Å². The first-order valence-corrected chi connectivity index (χ1v) is 9.65. The second kappa shape index (κ2) is 7.30. The van der Waals surface area contributed by atoms with Gasteiger partial charge in [0.15, 0.2) is 0 Å². The minimum absolute atomic E-state index is 0.0398. The number of nitrogens with two attached hydrogens (primary N) is 1. The molecule has 0 aliphatic heterocycles. The molecule has 9 heteroatoms. The standard InChI is InChI=1S/C15H13Br2FN2O3S/c1-20(14(15(19)21)9-3-2-4-11(18)7-9)24(22,23)13-8-10(16)5-6-12(13)17/h2-8,14H,1H3,(H2,19,21). The molecule has 1 atom stereocenters. The molecular formula is C15H13Br2FN2O3S. The molecule has 1 amide bonds. The number of carbonyl (C=O) groups excluding carboxylic acids is 1. The van der Waals surface area contributed by atoms with E-state index in [9.17, 15) is 17.6 Å². The maximum atomic E-state index is 13.5. The number of amides is 1. The van der Waals surface area contributed by atoms with Crippen molar-refractivity contribution in [1.29, 1.82) is 0 Å². The fraction of sp³-hybridized carbons (Fsp3) is 0.133. The largest absolute Gasteiger partial charge is 0.368 e. The smallest absolute Gasteiger partial charge is 0.245 e. The number of benzene rings is 2. The van der Waals surface area contributed by atoms with Crippen molar-refractivity contribution in [3.05, 3.63) is 62.8 Å². The number of nitrogens with zero attached hydrogens (tertiary/aromatic N) is 1. The van der Waals surface area contributed by atoms with E-state index in [0.29, 0.717) is 8.95 Å². The van der Waals surface area contributed by atoms with Crippen molar-refractivity contribution >= 4 is 47.8 Å². The number of likely N-dealkylation sites (N-methyl/N-ethyl adjacent to an activating group) is 1. The highest BCUT2D eigenvalue weighted by Crippen LogP contribution is 2.32. The van der Waals surface area contributed by atoms with Crippen molar-refractivity contribution in [2.45, 2.75) is 10.9 Å². The van der Waals surface area contributed by atoms with Gasteiger partial charge in [-0.3, -0.25) is 4.79 Å². The van der Waals surface area contributed by atoms with Gasteiger partial charge >= 0.3 is 0 Å². The predicted molar refractivity (Wildman–Crippen MR) is 95.1 cm³/mol. The third-order valence-corrected chi connectivity index (χ3v) is 6.66. The normalized spacial score (nSPS) is 13.0. The lowest BCUT2D eigenvalue weighted by atomic mass is 10.1. The summed E-state index contributed by atoms with van der Waals surface area (Å²) in [5, 5.41) is 0. The molecule has 2 N–H and O–H groups in total. The van der Waals surface area contributed by atoms with Crippen LogP contribution in [-0.4, -0.2) is 25.7 Å². The van der Waals surface area contributed by atoms with E-state index in [2.05, 4.69) is 31.9 Å². The highest BCUT2D eigenvalue weighted by Gasteiger charge is 2.34. The zero-order chi connectivity index (χ0) is 18.1. The molecule has 0 saturated carbocycles. The average Bonchev–Trinajstić information content (AvgIpc) is 2.49. The number of primary amides is 1. The minimum Gasteiger partial charge on any atom is -0.368 e. The summed E-state index contributed by atoms with van der Waals surface area (Å²) in [6, 6.07) is 8.40. The molecule has 0 bridgehead atoms. The van der Waals surface area contributed by atoms with Crippen molar-refractivity contribution in [3.63, 3.8) is 0 Å². The van der Waals surface area contributed by atoms with Crippen LogP contribution in [0.25, 0.3) is 0 Å².